The molecular formula is C25H26FN3O4. The number of hydrogen-bond donors (Lipinski definition) is 2. The molecule has 172 valence electrons. The van der Waals surface area contributed by atoms with E-state index in [1.54, 1.807) is 12.4 Å². The van der Waals surface area contributed by atoms with Crippen LogP contribution in [0.3, 0.4) is 0 Å². The summed E-state index contributed by atoms with van der Waals surface area (Å²) >= 11 is 0. The SMILES string of the molecule is Cn1cnc(-c2ccc(Cc3cc(C(=O)N[C@H]4CCOC[C@@H]4O)c(F)c4c3OCC4)cc2)c1. The number of imidazole rings is 1. The molecule has 0 radical (unpaired) electrons. The number of amides is 1. The number of fused-ring (bicyclic) bond motifs is 1. The molecule has 7 nitrogen and oxygen atoms in total. The van der Waals surface area contributed by atoms with Crippen molar-refractivity contribution in [1.82, 2.24) is 14.9 Å². The number of nitrogens with one attached hydrogen (secondary N) is 1. The molecule has 0 aliphatic carbocycles. The van der Waals surface area contributed by atoms with Crippen LogP contribution in [0.4, 0.5) is 4.39 Å². The second-order valence-corrected chi connectivity index (χ2v) is 8.61. The van der Waals surface area contributed by atoms with Crippen molar-refractivity contribution in [1.29, 1.82) is 0 Å². The van der Waals surface area contributed by atoms with E-state index in [9.17, 15) is 9.90 Å². The fraction of sp³-hybridized carbons (Fsp3) is 0.360. The summed E-state index contributed by atoms with van der Waals surface area (Å²) in [6.07, 6.45) is 4.32. The fourth-order valence-electron chi connectivity index (χ4n) is 4.43. The summed E-state index contributed by atoms with van der Waals surface area (Å²) in [6, 6.07) is 9.13. The molecule has 2 atom stereocenters. The third-order valence-corrected chi connectivity index (χ3v) is 6.22. The van der Waals surface area contributed by atoms with E-state index >= 15 is 4.39 Å². The Hall–Kier alpha value is -3.23. The molecule has 5 rings (SSSR count). The number of aliphatic hydroxyl groups is 1. The number of rotatable bonds is 5. The zero-order valence-electron chi connectivity index (χ0n) is 18.4. The molecule has 1 saturated heterocycles. The number of nitrogens with zero attached hydrogens (tertiary/aromatic N) is 2. The molecule has 3 aromatic rings. The van der Waals surface area contributed by atoms with Crippen molar-refractivity contribution in [3.05, 3.63) is 70.9 Å². The summed E-state index contributed by atoms with van der Waals surface area (Å²) in [6.45, 7) is 0.995. The zero-order valence-corrected chi connectivity index (χ0v) is 18.4. The lowest BCUT2D eigenvalue weighted by Crippen LogP contribution is -2.48. The molecule has 33 heavy (non-hydrogen) atoms. The third-order valence-electron chi connectivity index (χ3n) is 6.22. The first-order chi connectivity index (χ1) is 16.0. The molecule has 1 fully saturated rings. The highest BCUT2D eigenvalue weighted by Crippen LogP contribution is 2.35. The van der Waals surface area contributed by atoms with E-state index in [0.29, 0.717) is 43.8 Å². The molecule has 2 aromatic carbocycles. The second-order valence-electron chi connectivity index (χ2n) is 8.61. The minimum absolute atomic E-state index is 0.0157. The number of carbonyl (C=O) groups is 1. The van der Waals surface area contributed by atoms with Gasteiger partial charge >= 0.3 is 0 Å². The standard InChI is InChI=1S/C25H26FN3O4/c1-29-12-21(27-14-29)16-4-2-15(3-5-16)10-17-11-19(23(26)18-6-9-33-24(17)18)25(31)28-20-7-8-32-13-22(20)30/h2-5,11-12,14,20,22,30H,6-10,13H2,1H3,(H,28,31)/t20-,22-/m0/s1. The Kier molecular flexibility index (Phi) is 5.86. The van der Waals surface area contributed by atoms with E-state index < -0.39 is 23.9 Å². The highest BCUT2D eigenvalue weighted by Gasteiger charge is 2.30. The predicted molar refractivity (Wildman–Crippen MR) is 120 cm³/mol. The van der Waals surface area contributed by atoms with E-state index in [0.717, 1.165) is 22.4 Å². The summed E-state index contributed by atoms with van der Waals surface area (Å²) in [7, 11) is 1.93. The van der Waals surface area contributed by atoms with E-state index in [4.69, 9.17) is 9.47 Å². The second kappa shape index (κ2) is 8.96. The smallest absolute Gasteiger partial charge is 0.254 e. The number of aliphatic hydroxyl groups excluding tert-OH is 1. The van der Waals surface area contributed by atoms with E-state index in [1.165, 1.54) is 0 Å². The van der Waals surface area contributed by atoms with Gasteiger partial charge in [0.1, 0.15) is 11.6 Å². The largest absolute Gasteiger partial charge is 0.493 e. The Morgan fingerprint density at radius 1 is 1.30 bits per heavy atom. The van der Waals surface area contributed by atoms with Crippen molar-refractivity contribution in [3.63, 3.8) is 0 Å². The first kappa shape index (κ1) is 21.6. The van der Waals surface area contributed by atoms with Crippen LogP contribution in [0.15, 0.2) is 42.9 Å². The molecule has 1 amide bonds. The van der Waals surface area contributed by atoms with Crippen molar-refractivity contribution in [3.8, 4) is 17.0 Å². The Balaban J connectivity index is 1.40. The van der Waals surface area contributed by atoms with Crippen molar-refractivity contribution < 1.29 is 23.8 Å². The molecule has 0 saturated carbocycles. The van der Waals surface area contributed by atoms with Gasteiger partial charge in [0, 0.05) is 43.8 Å². The average molecular weight is 451 g/mol. The maximum atomic E-state index is 15.2. The number of carbonyl (C=O) groups excluding carboxylic acids is 1. The number of aryl methyl sites for hydroxylation is 1. The van der Waals surface area contributed by atoms with Crippen LogP contribution >= 0.6 is 0 Å². The molecule has 0 unspecified atom stereocenters. The van der Waals surface area contributed by atoms with Crippen molar-refractivity contribution in [2.45, 2.75) is 31.4 Å². The molecule has 2 N–H and O–H groups in total. The average Bonchev–Trinajstić information content (AvgIpc) is 3.47. The highest BCUT2D eigenvalue weighted by molar-refractivity contribution is 5.95. The maximum Gasteiger partial charge on any atom is 0.254 e. The first-order valence-electron chi connectivity index (χ1n) is 11.1. The minimum Gasteiger partial charge on any atom is -0.493 e. The first-order valence-corrected chi connectivity index (χ1v) is 11.1. The third kappa shape index (κ3) is 4.36. The van der Waals surface area contributed by atoms with Crippen molar-refractivity contribution >= 4 is 5.91 Å². The van der Waals surface area contributed by atoms with Gasteiger partial charge in [-0.1, -0.05) is 24.3 Å². The number of hydrogen-bond acceptors (Lipinski definition) is 5. The van der Waals surface area contributed by atoms with Gasteiger partial charge < -0.3 is 24.5 Å². The Labute approximate surface area is 191 Å². The van der Waals surface area contributed by atoms with Gasteiger partial charge in [0.05, 0.1) is 42.9 Å². The van der Waals surface area contributed by atoms with Crippen LogP contribution in [0.25, 0.3) is 11.3 Å². The molecule has 2 aliphatic rings. The molecule has 0 spiro atoms. The van der Waals surface area contributed by atoms with Gasteiger partial charge in [-0.3, -0.25) is 4.79 Å². The lowest BCUT2D eigenvalue weighted by Gasteiger charge is -2.28. The summed E-state index contributed by atoms with van der Waals surface area (Å²) in [4.78, 5) is 17.3. The van der Waals surface area contributed by atoms with Gasteiger partial charge in [-0.05, 0) is 23.6 Å². The predicted octanol–water partition coefficient (Wildman–Crippen LogP) is 2.63. The highest BCUT2D eigenvalue weighted by atomic mass is 19.1. The van der Waals surface area contributed by atoms with Gasteiger partial charge in [-0.2, -0.15) is 0 Å². The Bertz CT molecular complexity index is 1180. The normalized spacial score (nSPS) is 19.7. The van der Waals surface area contributed by atoms with E-state index in [-0.39, 0.29) is 12.2 Å². The van der Waals surface area contributed by atoms with Crippen molar-refractivity contribution in [2.75, 3.05) is 19.8 Å². The Morgan fingerprint density at radius 3 is 2.85 bits per heavy atom. The van der Waals surface area contributed by atoms with Crippen LogP contribution in [-0.4, -0.2) is 52.5 Å². The Morgan fingerprint density at radius 2 is 2.12 bits per heavy atom. The van der Waals surface area contributed by atoms with Crippen molar-refractivity contribution in [2.24, 2.45) is 7.05 Å². The molecular weight excluding hydrogens is 425 g/mol. The quantitative estimate of drug-likeness (QED) is 0.623. The summed E-state index contributed by atoms with van der Waals surface area (Å²) in [5.41, 5.74) is 4.12. The van der Waals surface area contributed by atoms with Crippen LogP contribution in [0.2, 0.25) is 0 Å². The number of aromatic nitrogens is 2. The van der Waals surface area contributed by atoms with Crippen LogP contribution in [0.5, 0.6) is 5.75 Å². The number of halogens is 1. The fourth-order valence-corrected chi connectivity index (χ4v) is 4.43. The molecule has 3 heterocycles. The van der Waals surface area contributed by atoms with Gasteiger partial charge in [-0.15, -0.1) is 0 Å². The number of ether oxygens (including phenoxy) is 2. The van der Waals surface area contributed by atoms with Gasteiger partial charge in [0.2, 0.25) is 0 Å². The molecule has 0 bridgehead atoms. The van der Waals surface area contributed by atoms with Crippen LogP contribution in [0, 0.1) is 5.82 Å². The minimum atomic E-state index is -0.805. The molecule has 1 aromatic heterocycles. The van der Waals surface area contributed by atoms with Gasteiger partial charge in [0.25, 0.3) is 5.91 Å². The zero-order chi connectivity index (χ0) is 22.9. The monoisotopic (exact) mass is 451 g/mol. The summed E-state index contributed by atoms with van der Waals surface area (Å²) in [5.74, 6) is -0.542. The molecule has 8 heteroatoms. The summed E-state index contributed by atoms with van der Waals surface area (Å²) in [5, 5.41) is 12.9. The van der Waals surface area contributed by atoms with Crippen LogP contribution < -0.4 is 10.1 Å². The van der Waals surface area contributed by atoms with Gasteiger partial charge in [0.15, 0.2) is 0 Å². The van der Waals surface area contributed by atoms with E-state index in [2.05, 4.69) is 10.3 Å². The lowest BCUT2D eigenvalue weighted by molar-refractivity contribution is -0.0261. The topological polar surface area (TPSA) is 85.6 Å². The maximum absolute atomic E-state index is 15.2. The molecule has 2 aliphatic heterocycles. The lowest BCUT2D eigenvalue weighted by atomic mass is 9.96. The van der Waals surface area contributed by atoms with E-state index in [1.807, 2.05) is 42.1 Å². The van der Waals surface area contributed by atoms with Crippen LogP contribution in [0.1, 0.15) is 33.5 Å². The number of benzene rings is 2. The summed E-state index contributed by atoms with van der Waals surface area (Å²) < 4.78 is 28.0. The van der Waals surface area contributed by atoms with Crippen LogP contribution in [-0.2, 0) is 24.6 Å². The van der Waals surface area contributed by atoms with Gasteiger partial charge in [-0.25, -0.2) is 9.37 Å².